The molecule has 1 aromatic carbocycles. The molecule has 3 N–H and O–H groups in total. The minimum atomic E-state index is 0.0984. The fourth-order valence-corrected chi connectivity index (χ4v) is 3.62. The first-order chi connectivity index (χ1) is 10.3. The maximum Gasteiger partial charge on any atom is 0.0705 e. The van der Waals surface area contributed by atoms with Crippen LogP contribution in [-0.4, -0.2) is 4.98 Å². The van der Waals surface area contributed by atoms with Crippen LogP contribution in [0.5, 0.6) is 0 Å². The number of rotatable bonds is 5. The fourth-order valence-electron chi connectivity index (χ4n) is 2.61. The Labute approximate surface area is 128 Å². The van der Waals surface area contributed by atoms with Crippen molar-refractivity contribution in [1.82, 2.24) is 10.4 Å². The Kier molecular flexibility index (Phi) is 4.29. The monoisotopic (exact) mass is 297 g/mol. The van der Waals surface area contributed by atoms with Crippen LogP contribution in [0.4, 0.5) is 0 Å². The van der Waals surface area contributed by atoms with Crippen LogP contribution in [0.25, 0.3) is 10.9 Å². The topological polar surface area (TPSA) is 50.9 Å². The number of nitrogens with two attached hydrogens (primary N) is 1. The van der Waals surface area contributed by atoms with Crippen LogP contribution in [0.1, 0.15) is 28.3 Å². The van der Waals surface area contributed by atoms with Crippen molar-refractivity contribution in [3.63, 3.8) is 0 Å². The lowest BCUT2D eigenvalue weighted by Crippen LogP contribution is -2.29. The highest BCUT2D eigenvalue weighted by Crippen LogP contribution is 2.28. The first kappa shape index (κ1) is 14.2. The van der Waals surface area contributed by atoms with E-state index in [4.69, 9.17) is 5.84 Å². The number of fused-ring (bicyclic) bond motifs is 1. The molecule has 0 aliphatic carbocycles. The van der Waals surface area contributed by atoms with Crippen molar-refractivity contribution in [2.45, 2.75) is 25.8 Å². The van der Waals surface area contributed by atoms with Crippen LogP contribution >= 0.6 is 11.3 Å². The summed E-state index contributed by atoms with van der Waals surface area (Å²) in [6.45, 7) is 2.19. The molecular weight excluding hydrogens is 278 g/mol. The van der Waals surface area contributed by atoms with Gasteiger partial charge in [-0.05, 0) is 36.2 Å². The second kappa shape index (κ2) is 6.35. The van der Waals surface area contributed by atoms with Crippen LogP contribution in [0.3, 0.4) is 0 Å². The van der Waals surface area contributed by atoms with Gasteiger partial charge in [0.2, 0.25) is 0 Å². The molecule has 21 heavy (non-hydrogen) atoms. The normalized spacial score (nSPS) is 12.7. The molecule has 0 bridgehead atoms. The number of aromatic nitrogens is 1. The van der Waals surface area contributed by atoms with E-state index < -0.39 is 0 Å². The van der Waals surface area contributed by atoms with Crippen molar-refractivity contribution in [2.24, 2.45) is 5.84 Å². The summed E-state index contributed by atoms with van der Waals surface area (Å²) < 4.78 is 0. The molecule has 4 heteroatoms. The third kappa shape index (κ3) is 2.97. The van der Waals surface area contributed by atoms with Crippen LogP contribution < -0.4 is 11.3 Å². The van der Waals surface area contributed by atoms with Gasteiger partial charge in [0.15, 0.2) is 0 Å². The van der Waals surface area contributed by atoms with Gasteiger partial charge in [0.05, 0.1) is 11.6 Å². The summed E-state index contributed by atoms with van der Waals surface area (Å²) in [6.07, 6.45) is 3.81. The van der Waals surface area contributed by atoms with E-state index >= 15 is 0 Å². The van der Waals surface area contributed by atoms with E-state index in [1.54, 1.807) is 0 Å². The van der Waals surface area contributed by atoms with Gasteiger partial charge < -0.3 is 0 Å². The molecule has 0 fully saturated rings. The first-order valence-electron chi connectivity index (χ1n) is 7.19. The van der Waals surface area contributed by atoms with E-state index in [1.165, 1.54) is 15.3 Å². The van der Waals surface area contributed by atoms with Crippen LogP contribution in [0.2, 0.25) is 0 Å². The van der Waals surface area contributed by atoms with Gasteiger partial charge in [0.1, 0.15) is 0 Å². The van der Waals surface area contributed by atoms with Crippen molar-refractivity contribution in [2.75, 3.05) is 0 Å². The lowest BCUT2D eigenvalue weighted by Gasteiger charge is -2.17. The zero-order valence-corrected chi connectivity index (χ0v) is 12.9. The molecular formula is C17H19N3S. The van der Waals surface area contributed by atoms with Gasteiger partial charge >= 0.3 is 0 Å². The summed E-state index contributed by atoms with van der Waals surface area (Å²) in [5, 5.41) is 1.16. The maximum absolute atomic E-state index is 5.82. The van der Waals surface area contributed by atoms with Crippen molar-refractivity contribution < 1.29 is 0 Å². The Hall–Kier alpha value is -1.75. The summed E-state index contributed by atoms with van der Waals surface area (Å²) in [5.74, 6) is 5.82. The number of aryl methyl sites for hydroxylation is 1. The van der Waals surface area contributed by atoms with Gasteiger partial charge in [-0.25, -0.2) is 0 Å². The van der Waals surface area contributed by atoms with E-state index in [-0.39, 0.29) is 6.04 Å². The molecule has 0 aliphatic rings. The van der Waals surface area contributed by atoms with E-state index in [0.717, 1.165) is 23.7 Å². The molecule has 0 spiro atoms. The maximum atomic E-state index is 5.82. The van der Waals surface area contributed by atoms with Crippen LogP contribution in [-0.2, 0) is 12.8 Å². The molecule has 0 saturated heterocycles. The predicted molar refractivity (Wildman–Crippen MR) is 89.2 cm³/mol. The number of pyridine rings is 1. The number of hydrogen-bond donors (Lipinski definition) is 2. The molecule has 3 rings (SSSR count). The van der Waals surface area contributed by atoms with E-state index in [9.17, 15) is 0 Å². The number of hydrazine groups is 1. The quantitative estimate of drug-likeness (QED) is 0.559. The zero-order valence-electron chi connectivity index (χ0n) is 12.0. The summed E-state index contributed by atoms with van der Waals surface area (Å²) >= 11 is 1.87. The largest absolute Gasteiger partial charge is 0.271 e. The molecule has 1 atom stereocenters. The predicted octanol–water partition coefficient (Wildman–Crippen LogP) is 3.61. The number of nitrogens with zero attached hydrogens (tertiary/aromatic N) is 1. The molecule has 0 saturated carbocycles. The summed E-state index contributed by atoms with van der Waals surface area (Å²) in [7, 11) is 0. The highest BCUT2D eigenvalue weighted by atomic mass is 32.1. The SMILES string of the molecule is CCc1ccc(CC(NN)c2cccc3ncccc23)s1. The third-order valence-corrected chi connectivity index (χ3v) is 4.98. The molecule has 2 heterocycles. The Morgan fingerprint density at radius 3 is 2.76 bits per heavy atom. The Bertz CT molecular complexity index is 730. The molecule has 2 aromatic heterocycles. The zero-order chi connectivity index (χ0) is 14.7. The Morgan fingerprint density at radius 2 is 2.00 bits per heavy atom. The third-order valence-electron chi connectivity index (χ3n) is 3.73. The molecule has 0 radical (unpaired) electrons. The second-order valence-electron chi connectivity index (χ2n) is 5.06. The number of thiophene rings is 1. The van der Waals surface area contributed by atoms with Crippen molar-refractivity contribution in [1.29, 1.82) is 0 Å². The van der Waals surface area contributed by atoms with Gasteiger partial charge in [0.25, 0.3) is 0 Å². The lowest BCUT2D eigenvalue weighted by atomic mass is 9.99. The van der Waals surface area contributed by atoms with Crippen molar-refractivity contribution in [3.8, 4) is 0 Å². The van der Waals surface area contributed by atoms with Gasteiger partial charge in [-0.15, -0.1) is 11.3 Å². The molecule has 3 nitrogen and oxygen atoms in total. The van der Waals surface area contributed by atoms with Crippen LogP contribution in [0, 0.1) is 0 Å². The van der Waals surface area contributed by atoms with E-state index in [0.29, 0.717) is 0 Å². The van der Waals surface area contributed by atoms with Crippen LogP contribution in [0.15, 0.2) is 48.7 Å². The van der Waals surface area contributed by atoms with Crippen molar-refractivity contribution in [3.05, 3.63) is 64.0 Å². The molecule has 3 aromatic rings. The Morgan fingerprint density at radius 1 is 1.14 bits per heavy atom. The smallest absolute Gasteiger partial charge is 0.0705 e. The van der Waals surface area contributed by atoms with Gasteiger partial charge in [-0.2, -0.15) is 0 Å². The molecule has 0 amide bonds. The summed E-state index contributed by atoms with van der Waals surface area (Å²) in [4.78, 5) is 7.19. The average molecular weight is 297 g/mol. The highest BCUT2D eigenvalue weighted by Gasteiger charge is 2.14. The number of nitrogens with one attached hydrogen (secondary N) is 1. The highest BCUT2D eigenvalue weighted by molar-refractivity contribution is 7.11. The molecule has 1 unspecified atom stereocenters. The number of hydrogen-bond acceptors (Lipinski definition) is 4. The molecule has 108 valence electrons. The molecule has 0 aliphatic heterocycles. The minimum absolute atomic E-state index is 0.0984. The van der Waals surface area contributed by atoms with E-state index in [2.05, 4.69) is 41.6 Å². The van der Waals surface area contributed by atoms with E-state index in [1.807, 2.05) is 35.7 Å². The first-order valence-corrected chi connectivity index (χ1v) is 8.01. The minimum Gasteiger partial charge on any atom is -0.271 e. The average Bonchev–Trinajstić information content (AvgIpc) is 3.00. The number of benzene rings is 1. The second-order valence-corrected chi connectivity index (χ2v) is 6.32. The van der Waals surface area contributed by atoms with Gasteiger partial charge in [0, 0.05) is 27.8 Å². The van der Waals surface area contributed by atoms with Crippen molar-refractivity contribution >= 4 is 22.2 Å². The summed E-state index contributed by atoms with van der Waals surface area (Å²) in [5.41, 5.74) is 5.18. The summed E-state index contributed by atoms with van der Waals surface area (Å²) in [6, 6.07) is 14.8. The lowest BCUT2D eigenvalue weighted by molar-refractivity contribution is 0.559. The van der Waals surface area contributed by atoms with Gasteiger partial charge in [-0.1, -0.05) is 25.1 Å². The fraction of sp³-hybridized carbons (Fsp3) is 0.235. The van der Waals surface area contributed by atoms with Gasteiger partial charge in [-0.3, -0.25) is 16.3 Å². The standard InChI is InChI=1S/C17H19N3S/c1-2-12-8-9-13(21-12)11-17(20-18)15-5-3-7-16-14(15)6-4-10-19-16/h3-10,17,20H,2,11,18H2,1H3. The Balaban J connectivity index is 1.94.